The Balaban J connectivity index is 1.53. The van der Waals surface area contributed by atoms with Crippen molar-refractivity contribution in [1.29, 1.82) is 0 Å². The van der Waals surface area contributed by atoms with Gasteiger partial charge in [-0.1, -0.05) is 60.1 Å². The van der Waals surface area contributed by atoms with Crippen LogP contribution in [0.5, 0.6) is 0 Å². The van der Waals surface area contributed by atoms with Gasteiger partial charge >= 0.3 is 0 Å². The standard InChI is InChI=1S/C32H38ClN3O/c1-21-18-32(26-13-10-14-28(33)23(26)3,19-22(2)36(21)20-24-11-8-7-9-12-24)34-25-15-16-27-29(17-25)35(6)30(37)31(27,4)5/h7-17,21-22,34H,18-20H2,1-6H3/t21-,22+,32?. The summed E-state index contributed by atoms with van der Waals surface area (Å²) < 4.78 is 0. The van der Waals surface area contributed by atoms with Crippen molar-refractivity contribution in [2.75, 3.05) is 17.3 Å². The number of fused-ring (bicyclic) bond motifs is 1. The van der Waals surface area contributed by atoms with Gasteiger partial charge in [0.15, 0.2) is 0 Å². The van der Waals surface area contributed by atoms with Crippen molar-refractivity contribution in [2.45, 2.75) is 77.0 Å². The van der Waals surface area contributed by atoms with Crippen molar-refractivity contribution >= 4 is 28.9 Å². The Morgan fingerprint density at radius 1 is 0.946 bits per heavy atom. The fourth-order valence-corrected chi connectivity index (χ4v) is 6.89. The van der Waals surface area contributed by atoms with E-state index in [0.717, 1.165) is 46.9 Å². The number of carbonyl (C=O) groups excluding carboxylic acids is 1. The Bertz CT molecular complexity index is 1310. The summed E-state index contributed by atoms with van der Waals surface area (Å²) in [6, 6.07) is 24.1. The molecule has 3 aromatic rings. The number of nitrogens with one attached hydrogen (secondary N) is 1. The van der Waals surface area contributed by atoms with Crippen LogP contribution in [0.4, 0.5) is 11.4 Å². The quantitative estimate of drug-likeness (QED) is 0.387. The number of carbonyl (C=O) groups is 1. The van der Waals surface area contributed by atoms with Crippen LogP contribution in [0.3, 0.4) is 0 Å². The van der Waals surface area contributed by atoms with Gasteiger partial charge in [-0.15, -0.1) is 0 Å². The molecule has 1 saturated heterocycles. The number of benzene rings is 3. The van der Waals surface area contributed by atoms with E-state index in [2.05, 4.69) is 91.7 Å². The lowest BCUT2D eigenvalue weighted by atomic mass is 9.73. The average Bonchev–Trinajstić information content (AvgIpc) is 3.03. The fraction of sp³-hybridized carbons (Fsp3) is 0.406. The van der Waals surface area contributed by atoms with Crippen molar-refractivity contribution in [3.8, 4) is 0 Å². The number of piperidine rings is 1. The van der Waals surface area contributed by atoms with Crippen molar-refractivity contribution in [3.63, 3.8) is 0 Å². The van der Waals surface area contributed by atoms with Crippen LogP contribution in [-0.4, -0.2) is 29.9 Å². The second-order valence-electron chi connectivity index (χ2n) is 11.6. The van der Waals surface area contributed by atoms with E-state index in [1.807, 2.05) is 27.0 Å². The summed E-state index contributed by atoms with van der Waals surface area (Å²) in [4.78, 5) is 17.3. The van der Waals surface area contributed by atoms with E-state index >= 15 is 0 Å². The number of likely N-dealkylation sites (tertiary alicyclic amines) is 1. The molecular weight excluding hydrogens is 478 g/mol. The predicted molar refractivity (Wildman–Crippen MR) is 155 cm³/mol. The monoisotopic (exact) mass is 515 g/mol. The van der Waals surface area contributed by atoms with E-state index < -0.39 is 5.41 Å². The minimum absolute atomic E-state index is 0.136. The fourth-order valence-electron chi connectivity index (χ4n) is 6.72. The van der Waals surface area contributed by atoms with Gasteiger partial charge in [-0.3, -0.25) is 9.69 Å². The molecule has 2 aliphatic heterocycles. The first-order valence-electron chi connectivity index (χ1n) is 13.3. The van der Waals surface area contributed by atoms with Gasteiger partial charge < -0.3 is 10.2 Å². The molecule has 194 valence electrons. The first kappa shape index (κ1) is 25.8. The molecule has 37 heavy (non-hydrogen) atoms. The SMILES string of the molecule is Cc1c(Cl)cccc1C1(Nc2ccc3c(c2)N(C)C(=O)C3(C)C)C[C@@H](C)N(Cc2ccccc2)[C@@H](C)C1. The average molecular weight is 516 g/mol. The first-order chi connectivity index (χ1) is 17.5. The molecule has 2 heterocycles. The molecule has 1 N–H and O–H groups in total. The lowest BCUT2D eigenvalue weighted by molar-refractivity contribution is -0.121. The van der Waals surface area contributed by atoms with Crippen molar-refractivity contribution in [2.24, 2.45) is 0 Å². The highest BCUT2D eigenvalue weighted by Crippen LogP contribution is 2.46. The maximum atomic E-state index is 12.9. The molecule has 0 aliphatic carbocycles. The van der Waals surface area contributed by atoms with E-state index in [1.165, 1.54) is 11.1 Å². The Morgan fingerprint density at radius 2 is 1.62 bits per heavy atom. The van der Waals surface area contributed by atoms with Gasteiger partial charge in [-0.05, 0) is 87.9 Å². The molecule has 1 unspecified atom stereocenters. The van der Waals surface area contributed by atoms with Crippen LogP contribution in [0, 0.1) is 6.92 Å². The number of halogens is 1. The van der Waals surface area contributed by atoms with Crippen molar-refractivity contribution in [3.05, 3.63) is 94.0 Å². The van der Waals surface area contributed by atoms with Crippen molar-refractivity contribution in [1.82, 2.24) is 4.90 Å². The third kappa shape index (κ3) is 4.45. The van der Waals surface area contributed by atoms with Crippen LogP contribution in [-0.2, 0) is 22.3 Å². The van der Waals surface area contributed by atoms with E-state index in [9.17, 15) is 4.79 Å². The lowest BCUT2D eigenvalue weighted by Gasteiger charge is -2.51. The zero-order valence-electron chi connectivity index (χ0n) is 22.8. The summed E-state index contributed by atoms with van der Waals surface area (Å²) in [5, 5.41) is 4.79. The molecule has 3 aromatic carbocycles. The van der Waals surface area contributed by atoms with Gasteiger partial charge in [-0.2, -0.15) is 0 Å². The number of hydrogen-bond donors (Lipinski definition) is 1. The van der Waals surface area contributed by atoms with Gasteiger partial charge in [0.25, 0.3) is 0 Å². The van der Waals surface area contributed by atoms with Crippen LogP contribution in [0.2, 0.25) is 5.02 Å². The van der Waals surface area contributed by atoms with E-state index in [-0.39, 0.29) is 11.4 Å². The van der Waals surface area contributed by atoms with Gasteiger partial charge in [0.1, 0.15) is 0 Å². The van der Waals surface area contributed by atoms with Gasteiger partial charge in [0.2, 0.25) is 5.91 Å². The second kappa shape index (κ2) is 9.49. The first-order valence-corrected chi connectivity index (χ1v) is 13.7. The zero-order chi connectivity index (χ0) is 26.5. The highest BCUT2D eigenvalue weighted by molar-refractivity contribution is 6.31. The minimum Gasteiger partial charge on any atom is -0.375 e. The van der Waals surface area contributed by atoms with E-state index in [1.54, 1.807) is 4.90 Å². The van der Waals surface area contributed by atoms with Crippen LogP contribution < -0.4 is 10.2 Å². The Labute approximate surface area is 226 Å². The molecule has 2 aliphatic rings. The highest BCUT2D eigenvalue weighted by Gasteiger charge is 2.45. The van der Waals surface area contributed by atoms with Crippen LogP contribution >= 0.6 is 11.6 Å². The van der Waals surface area contributed by atoms with Gasteiger partial charge in [0.05, 0.1) is 11.0 Å². The molecule has 3 atom stereocenters. The van der Waals surface area contributed by atoms with E-state index in [0.29, 0.717) is 12.1 Å². The number of anilines is 2. The molecule has 5 rings (SSSR count). The summed E-state index contributed by atoms with van der Waals surface area (Å²) >= 11 is 6.67. The van der Waals surface area contributed by atoms with Crippen molar-refractivity contribution < 1.29 is 4.79 Å². The Hall–Kier alpha value is -2.82. The predicted octanol–water partition coefficient (Wildman–Crippen LogP) is 7.28. The topological polar surface area (TPSA) is 35.6 Å². The molecule has 4 nitrogen and oxygen atoms in total. The molecule has 0 radical (unpaired) electrons. The highest BCUT2D eigenvalue weighted by atomic mass is 35.5. The maximum Gasteiger partial charge on any atom is 0.236 e. The molecule has 1 fully saturated rings. The van der Waals surface area contributed by atoms with E-state index in [4.69, 9.17) is 11.6 Å². The number of nitrogens with zero attached hydrogens (tertiary/aromatic N) is 2. The molecule has 5 heteroatoms. The summed E-state index contributed by atoms with van der Waals surface area (Å²) in [6.45, 7) is 11.8. The number of rotatable bonds is 5. The summed E-state index contributed by atoms with van der Waals surface area (Å²) in [7, 11) is 1.88. The molecule has 0 saturated carbocycles. The smallest absolute Gasteiger partial charge is 0.236 e. The maximum absolute atomic E-state index is 12.9. The number of likely N-dealkylation sites (N-methyl/N-ethyl adjacent to an activating group) is 1. The Morgan fingerprint density at radius 3 is 2.30 bits per heavy atom. The normalized spacial score (nSPS) is 25.3. The largest absolute Gasteiger partial charge is 0.375 e. The third-order valence-corrected chi connectivity index (χ3v) is 9.08. The second-order valence-corrected chi connectivity index (χ2v) is 12.0. The molecule has 1 amide bonds. The molecular formula is C32H38ClN3O. The summed E-state index contributed by atoms with van der Waals surface area (Å²) in [5.74, 6) is 0.136. The minimum atomic E-state index is -0.504. The molecule has 0 bridgehead atoms. The Kier molecular flexibility index (Phi) is 6.62. The van der Waals surface area contributed by atoms with Crippen LogP contribution in [0.15, 0.2) is 66.7 Å². The number of amides is 1. The molecule has 0 spiro atoms. The summed E-state index contributed by atoms with van der Waals surface area (Å²) in [6.07, 6.45) is 1.89. The van der Waals surface area contributed by atoms with Gasteiger partial charge in [-0.25, -0.2) is 0 Å². The zero-order valence-corrected chi connectivity index (χ0v) is 23.6. The third-order valence-electron chi connectivity index (χ3n) is 8.67. The van der Waals surface area contributed by atoms with Crippen LogP contribution in [0.1, 0.15) is 62.8 Å². The van der Waals surface area contributed by atoms with Crippen LogP contribution in [0.25, 0.3) is 0 Å². The molecule has 0 aromatic heterocycles. The number of hydrogen-bond acceptors (Lipinski definition) is 3. The lowest BCUT2D eigenvalue weighted by Crippen LogP contribution is -2.55. The van der Waals surface area contributed by atoms with Gasteiger partial charge in [0, 0.05) is 42.1 Å². The summed E-state index contributed by atoms with van der Waals surface area (Å²) in [5.41, 5.74) is 6.03.